The summed E-state index contributed by atoms with van der Waals surface area (Å²) < 4.78 is 0. The Morgan fingerprint density at radius 1 is 1.23 bits per heavy atom. The van der Waals surface area contributed by atoms with Crippen LogP contribution in [0.2, 0.25) is 0 Å². The summed E-state index contributed by atoms with van der Waals surface area (Å²) in [6.45, 7) is 4.37. The van der Waals surface area contributed by atoms with Crippen LogP contribution < -0.4 is 5.73 Å². The second-order valence-electron chi connectivity index (χ2n) is 4.47. The second kappa shape index (κ2) is 2.49. The minimum absolute atomic E-state index is 0.104. The minimum atomic E-state index is -0.667. The normalized spacial score (nSPS) is 30.2. The first-order valence-corrected chi connectivity index (χ1v) is 4.89. The van der Waals surface area contributed by atoms with E-state index in [9.17, 15) is 0 Å². The Hall–Kier alpha value is -0.530. The molecule has 2 heteroatoms. The van der Waals surface area contributed by atoms with Gasteiger partial charge in [0.2, 0.25) is 0 Å². The number of rotatable bonds is 0. The largest absolute Gasteiger partial charge is 0.309 e. The van der Waals surface area contributed by atoms with Gasteiger partial charge in [0.15, 0.2) is 0 Å². The van der Waals surface area contributed by atoms with Gasteiger partial charge in [0, 0.05) is 0 Å². The molecular formula is C11H14ClN. The molecule has 0 aliphatic heterocycles. The monoisotopic (exact) mass is 195 g/mol. The highest BCUT2D eigenvalue weighted by atomic mass is 35.5. The van der Waals surface area contributed by atoms with Crippen molar-refractivity contribution >= 4 is 11.6 Å². The molecule has 2 N–H and O–H groups in total. The van der Waals surface area contributed by atoms with E-state index in [2.05, 4.69) is 19.9 Å². The average molecular weight is 196 g/mol. The molecule has 0 fully saturated rings. The number of halogens is 1. The van der Waals surface area contributed by atoms with Crippen LogP contribution in [-0.2, 0) is 10.4 Å². The smallest absolute Gasteiger partial charge is 0.118 e. The number of hydrogen-bond donors (Lipinski definition) is 1. The molecule has 0 saturated heterocycles. The quantitative estimate of drug-likeness (QED) is 0.500. The molecule has 1 atom stereocenters. The number of nitrogens with two attached hydrogens (primary N) is 1. The van der Waals surface area contributed by atoms with Gasteiger partial charge in [-0.3, -0.25) is 0 Å². The molecule has 13 heavy (non-hydrogen) atoms. The van der Waals surface area contributed by atoms with Crippen LogP contribution in [0.3, 0.4) is 0 Å². The van der Waals surface area contributed by atoms with Crippen molar-refractivity contribution < 1.29 is 0 Å². The lowest BCUT2D eigenvalue weighted by molar-refractivity contribution is 0.453. The summed E-state index contributed by atoms with van der Waals surface area (Å²) in [5.41, 5.74) is 8.50. The number of hydrogen-bond acceptors (Lipinski definition) is 1. The van der Waals surface area contributed by atoms with Crippen molar-refractivity contribution in [2.75, 3.05) is 0 Å². The van der Waals surface area contributed by atoms with Crippen LogP contribution in [0, 0.1) is 0 Å². The molecule has 1 aromatic rings. The molecule has 1 aliphatic carbocycles. The van der Waals surface area contributed by atoms with Gasteiger partial charge in [-0.2, -0.15) is 0 Å². The highest BCUT2D eigenvalue weighted by Gasteiger charge is 2.43. The summed E-state index contributed by atoms with van der Waals surface area (Å²) in [6, 6.07) is 8.17. The number of alkyl halides is 1. The van der Waals surface area contributed by atoms with E-state index in [0.29, 0.717) is 0 Å². The van der Waals surface area contributed by atoms with Gasteiger partial charge in [0.25, 0.3) is 0 Å². The molecule has 0 amide bonds. The Morgan fingerprint density at radius 2 is 1.77 bits per heavy atom. The Kier molecular flexibility index (Phi) is 1.73. The lowest BCUT2D eigenvalue weighted by Gasteiger charge is -2.20. The molecule has 1 aromatic carbocycles. The predicted molar refractivity (Wildman–Crippen MR) is 55.8 cm³/mol. The van der Waals surface area contributed by atoms with Gasteiger partial charge in [-0.05, 0) is 23.0 Å². The Bertz CT molecular complexity index is 309. The molecule has 0 heterocycles. The van der Waals surface area contributed by atoms with Crippen LogP contribution in [0.15, 0.2) is 24.3 Å². The van der Waals surface area contributed by atoms with Gasteiger partial charge >= 0.3 is 0 Å². The van der Waals surface area contributed by atoms with E-state index in [1.165, 1.54) is 5.56 Å². The summed E-state index contributed by atoms with van der Waals surface area (Å²) in [5.74, 6) is 0. The summed E-state index contributed by atoms with van der Waals surface area (Å²) in [7, 11) is 0. The molecular weight excluding hydrogens is 182 g/mol. The van der Waals surface area contributed by atoms with Crippen molar-refractivity contribution in [3.8, 4) is 0 Å². The first-order valence-electron chi connectivity index (χ1n) is 4.51. The summed E-state index contributed by atoms with van der Waals surface area (Å²) in [5, 5.41) is 0. The first kappa shape index (κ1) is 9.04. The Labute approximate surface area is 83.9 Å². The SMILES string of the molecule is CC1(C)CC(N)(Cl)c2ccccc21. The molecule has 0 radical (unpaired) electrons. The van der Waals surface area contributed by atoms with Crippen molar-refractivity contribution in [1.29, 1.82) is 0 Å². The lowest BCUT2D eigenvalue weighted by atomic mass is 9.86. The third-order valence-corrected chi connectivity index (χ3v) is 3.14. The third kappa shape index (κ3) is 1.27. The standard InChI is InChI=1S/C11H14ClN/c1-10(2)7-11(12,13)9-6-4-3-5-8(9)10/h3-6H,7,13H2,1-2H3. The van der Waals surface area contributed by atoms with Gasteiger partial charge in [0.1, 0.15) is 5.00 Å². The predicted octanol–water partition coefficient (Wildman–Crippen LogP) is 2.72. The van der Waals surface area contributed by atoms with E-state index in [-0.39, 0.29) is 5.41 Å². The molecule has 70 valence electrons. The fraction of sp³-hybridized carbons (Fsp3) is 0.455. The molecule has 2 rings (SSSR count). The van der Waals surface area contributed by atoms with Crippen LogP contribution >= 0.6 is 11.6 Å². The van der Waals surface area contributed by atoms with Crippen molar-refractivity contribution in [1.82, 2.24) is 0 Å². The van der Waals surface area contributed by atoms with Gasteiger partial charge in [-0.1, -0.05) is 49.7 Å². The van der Waals surface area contributed by atoms with E-state index >= 15 is 0 Å². The first-order chi connectivity index (χ1) is 5.93. The highest BCUT2D eigenvalue weighted by Crippen LogP contribution is 2.48. The molecule has 0 bridgehead atoms. The zero-order valence-corrected chi connectivity index (χ0v) is 8.73. The van der Waals surface area contributed by atoms with Crippen molar-refractivity contribution in [3.05, 3.63) is 35.4 Å². The van der Waals surface area contributed by atoms with Crippen LogP contribution in [-0.4, -0.2) is 0 Å². The van der Waals surface area contributed by atoms with Gasteiger partial charge in [-0.25, -0.2) is 0 Å². The Balaban J connectivity index is 2.64. The maximum absolute atomic E-state index is 6.26. The summed E-state index contributed by atoms with van der Waals surface area (Å²) >= 11 is 6.26. The number of fused-ring (bicyclic) bond motifs is 1. The fourth-order valence-corrected chi connectivity index (χ4v) is 2.77. The Morgan fingerprint density at radius 3 is 2.31 bits per heavy atom. The summed E-state index contributed by atoms with van der Waals surface area (Å²) in [4.78, 5) is -0.667. The van der Waals surface area contributed by atoms with Gasteiger partial charge < -0.3 is 5.73 Å². The molecule has 1 unspecified atom stereocenters. The zero-order valence-electron chi connectivity index (χ0n) is 7.97. The fourth-order valence-electron chi connectivity index (χ4n) is 2.27. The van der Waals surface area contributed by atoms with Crippen molar-refractivity contribution in [2.45, 2.75) is 30.7 Å². The van der Waals surface area contributed by atoms with Gasteiger partial charge in [0.05, 0.1) is 0 Å². The van der Waals surface area contributed by atoms with Crippen molar-refractivity contribution in [2.24, 2.45) is 5.73 Å². The van der Waals surface area contributed by atoms with Crippen LogP contribution in [0.25, 0.3) is 0 Å². The molecule has 0 spiro atoms. The average Bonchev–Trinajstić information content (AvgIpc) is 2.20. The summed E-state index contributed by atoms with van der Waals surface area (Å²) in [6.07, 6.45) is 0.806. The maximum atomic E-state index is 6.26. The topological polar surface area (TPSA) is 26.0 Å². The van der Waals surface area contributed by atoms with Crippen molar-refractivity contribution in [3.63, 3.8) is 0 Å². The van der Waals surface area contributed by atoms with Crippen LogP contribution in [0.1, 0.15) is 31.4 Å². The van der Waals surface area contributed by atoms with E-state index in [1.807, 2.05) is 18.2 Å². The number of benzene rings is 1. The molecule has 0 saturated carbocycles. The molecule has 1 nitrogen and oxygen atoms in total. The zero-order chi connectivity index (χ0) is 9.69. The maximum Gasteiger partial charge on any atom is 0.118 e. The second-order valence-corrected chi connectivity index (χ2v) is 5.14. The van der Waals surface area contributed by atoms with Crippen LogP contribution in [0.5, 0.6) is 0 Å². The highest BCUT2D eigenvalue weighted by molar-refractivity contribution is 6.24. The lowest BCUT2D eigenvalue weighted by Crippen LogP contribution is -2.28. The van der Waals surface area contributed by atoms with E-state index < -0.39 is 5.00 Å². The van der Waals surface area contributed by atoms with E-state index in [0.717, 1.165) is 12.0 Å². The third-order valence-electron chi connectivity index (χ3n) is 2.80. The van der Waals surface area contributed by atoms with E-state index in [1.54, 1.807) is 0 Å². The minimum Gasteiger partial charge on any atom is -0.309 e. The van der Waals surface area contributed by atoms with Crippen LogP contribution in [0.4, 0.5) is 0 Å². The van der Waals surface area contributed by atoms with Gasteiger partial charge in [-0.15, -0.1) is 0 Å². The van der Waals surface area contributed by atoms with E-state index in [4.69, 9.17) is 17.3 Å². The molecule has 0 aromatic heterocycles. The molecule has 1 aliphatic rings.